The number of rotatable bonds is 5. The third-order valence-electron chi connectivity index (χ3n) is 2.64. The Morgan fingerprint density at radius 3 is 2.68 bits per heavy atom. The molecule has 0 bridgehead atoms. The molecule has 0 aliphatic rings. The van der Waals surface area contributed by atoms with E-state index >= 15 is 0 Å². The van der Waals surface area contributed by atoms with Gasteiger partial charge in [0.25, 0.3) is 5.91 Å². The summed E-state index contributed by atoms with van der Waals surface area (Å²) in [5.74, 6) is -0.578. The van der Waals surface area contributed by atoms with Crippen molar-refractivity contribution in [1.29, 1.82) is 0 Å². The largest absolute Gasteiger partial charge is 0.355 e. The van der Waals surface area contributed by atoms with Gasteiger partial charge >= 0.3 is 0 Å². The van der Waals surface area contributed by atoms with Crippen molar-refractivity contribution in [3.63, 3.8) is 0 Å². The molecular weight excluding hydrogens is 266 g/mol. The van der Waals surface area contributed by atoms with E-state index in [1.807, 2.05) is 6.92 Å². The van der Waals surface area contributed by atoms with Crippen LogP contribution in [0.3, 0.4) is 0 Å². The molecule has 0 fully saturated rings. The van der Waals surface area contributed by atoms with Gasteiger partial charge in [0, 0.05) is 12.7 Å². The lowest BCUT2D eigenvalue weighted by atomic mass is 10.1. The topological polar surface area (TPSA) is 84.2 Å². The SMILES string of the molecule is CCC[C@H](N)C(=O)Nc1ccc(Cl)c(C(=O)NC)c1. The van der Waals surface area contributed by atoms with Crippen LogP contribution in [0.5, 0.6) is 0 Å². The first kappa shape index (κ1) is 15.5. The summed E-state index contributed by atoms with van der Waals surface area (Å²) >= 11 is 5.92. The van der Waals surface area contributed by atoms with E-state index in [-0.39, 0.29) is 11.8 Å². The van der Waals surface area contributed by atoms with Crippen LogP contribution in [0.1, 0.15) is 30.1 Å². The monoisotopic (exact) mass is 283 g/mol. The van der Waals surface area contributed by atoms with Crippen LogP contribution in [0.25, 0.3) is 0 Å². The van der Waals surface area contributed by atoms with Gasteiger partial charge in [-0.1, -0.05) is 24.9 Å². The summed E-state index contributed by atoms with van der Waals surface area (Å²) in [7, 11) is 1.51. The Labute approximate surface area is 117 Å². The van der Waals surface area contributed by atoms with Crippen LogP contribution in [0.15, 0.2) is 18.2 Å². The molecule has 1 atom stereocenters. The van der Waals surface area contributed by atoms with E-state index < -0.39 is 6.04 Å². The minimum Gasteiger partial charge on any atom is -0.355 e. The second-order valence-electron chi connectivity index (χ2n) is 4.16. The van der Waals surface area contributed by atoms with E-state index in [4.69, 9.17) is 17.3 Å². The molecule has 0 saturated carbocycles. The van der Waals surface area contributed by atoms with Crippen molar-refractivity contribution in [2.45, 2.75) is 25.8 Å². The Morgan fingerprint density at radius 2 is 2.11 bits per heavy atom. The van der Waals surface area contributed by atoms with E-state index in [0.29, 0.717) is 22.7 Å². The molecule has 1 aromatic rings. The number of nitrogens with two attached hydrogens (primary N) is 1. The van der Waals surface area contributed by atoms with Crippen molar-refractivity contribution in [2.75, 3.05) is 12.4 Å². The van der Waals surface area contributed by atoms with Crippen LogP contribution >= 0.6 is 11.6 Å². The van der Waals surface area contributed by atoms with Gasteiger partial charge in [-0.05, 0) is 24.6 Å². The maximum absolute atomic E-state index is 11.8. The molecule has 0 saturated heterocycles. The van der Waals surface area contributed by atoms with E-state index in [1.54, 1.807) is 12.1 Å². The first-order valence-corrected chi connectivity index (χ1v) is 6.45. The highest BCUT2D eigenvalue weighted by molar-refractivity contribution is 6.34. The summed E-state index contributed by atoms with van der Waals surface area (Å²) in [5.41, 5.74) is 6.52. The number of anilines is 1. The van der Waals surface area contributed by atoms with Crippen molar-refractivity contribution in [1.82, 2.24) is 5.32 Å². The lowest BCUT2D eigenvalue weighted by Crippen LogP contribution is -2.35. The number of hydrogen-bond donors (Lipinski definition) is 3. The predicted molar refractivity (Wildman–Crippen MR) is 76.4 cm³/mol. The fourth-order valence-electron chi connectivity index (χ4n) is 1.59. The number of benzene rings is 1. The molecule has 0 heterocycles. The Kier molecular flexibility index (Phi) is 5.79. The quantitative estimate of drug-likeness (QED) is 0.770. The first-order valence-electron chi connectivity index (χ1n) is 6.07. The molecular formula is C13H18ClN3O2. The van der Waals surface area contributed by atoms with E-state index in [1.165, 1.54) is 13.1 Å². The zero-order valence-corrected chi connectivity index (χ0v) is 11.8. The molecule has 0 aromatic heterocycles. The number of halogens is 1. The predicted octanol–water partition coefficient (Wildman–Crippen LogP) is 1.77. The minimum atomic E-state index is -0.552. The molecule has 0 aliphatic carbocycles. The molecule has 2 amide bonds. The van der Waals surface area contributed by atoms with Crippen molar-refractivity contribution in [2.24, 2.45) is 5.73 Å². The Balaban J connectivity index is 2.85. The van der Waals surface area contributed by atoms with Crippen LogP contribution < -0.4 is 16.4 Å². The third kappa shape index (κ3) is 4.22. The van der Waals surface area contributed by atoms with Gasteiger partial charge in [0.15, 0.2) is 0 Å². The molecule has 0 spiro atoms. The van der Waals surface area contributed by atoms with Crippen LogP contribution in [0, 0.1) is 0 Å². The zero-order chi connectivity index (χ0) is 14.4. The fourth-order valence-corrected chi connectivity index (χ4v) is 1.79. The van der Waals surface area contributed by atoms with Gasteiger partial charge in [-0.2, -0.15) is 0 Å². The summed E-state index contributed by atoms with van der Waals surface area (Å²) in [5, 5.41) is 5.48. The van der Waals surface area contributed by atoms with Crippen LogP contribution in [0.2, 0.25) is 5.02 Å². The van der Waals surface area contributed by atoms with Gasteiger partial charge in [0.05, 0.1) is 16.6 Å². The first-order chi connectivity index (χ1) is 8.99. The average Bonchev–Trinajstić information content (AvgIpc) is 2.40. The molecule has 0 unspecified atom stereocenters. The van der Waals surface area contributed by atoms with Gasteiger partial charge in [0.1, 0.15) is 0 Å². The Hall–Kier alpha value is -1.59. The molecule has 4 N–H and O–H groups in total. The minimum absolute atomic E-state index is 0.271. The standard InChI is InChI=1S/C13H18ClN3O2/c1-3-4-11(15)13(19)17-8-5-6-10(14)9(7-8)12(18)16-2/h5-7,11H,3-4,15H2,1-2H3,(H,16,18)(H,17,19)/t11-/m0/s1. The maximum Gasteiger partial charge on any atom is 0.252 e. The van der Waals surface area contributed by atoms with Crippen LogP contribution in [-0.4, -0.2) is 24.9 Å². The van der Waals surface area contributed by atoms with Gasteiger partial charge in [-0.3, -0.25) is 9.59 Å². The van der Waals surface area contributed by atoms with Crippen molar-refractivity contribution < 1.29 is 9.59 Å². The number of amides is 2. The summed E-state index contributed by atoms with van der Waals surface area (Å²) in [6.45, 7) is 1.96. The lowest BCUT2D eigenvalue weighted by molar-refractivity contribution is -0.117. The summed E-state index contributed by atoms with van der Waals surface area (Å²) in [4.78, 5) is 23.3. The molecule has 1 rings (SSSR count). The van der Waals surface area contributed by atoms with Crippen LogP contribution in [0.4, 0.5) is 5.69 Å². The van der Waals surface area contributed by atoms with Gasteiger partial charge in [0.2, 0.25) is 5.91 Å². The van der Waals surface area contributed by atoms with Gasteiger partial charge < -0.3 is 16.4 Å². The highest BCUT2D eigenvalue weighted by Gasteiger charge is 2.14. The molecule has 0 radical (unpaired) electrons. The van der Waals surface area contributed by atoms with Crippen LogP contribution in [-0.2, 0) is 4.79 Å². The second-order valence-corrected chi connectivity index (χ2v) is 4.57. The summed E-state index contributed by atoms with van der Waals surface area (Å²) < 4.78 is 0. The number of carbonyl (C=O) groups is 2. The Bertz CT molecular complexity index is 477. The average molecular weight is 284 g/mol. The maximum atomic E-state index is 11.8. The molecule has 0 aliphatic heterocycles. The van der Waals surface area contributed by atoms with Crippen molar-refractivity contribution in [3.8, 4) is 0 Å². The smallest absolute Gasteiger partial charge is 0.252 e. The summed E-state index contributed by atoms with van der Waals surface area (Å²) in [6.07, 6.45) is 1.44. The molecule has 19 heavy (non-hydrogen) atoms. The van der Waals surface area contributed by atoms with E-state index in [2.05, 4.69) is 10.6 Å². The Morgan fingerprint density at radius 1 is 1.42 bits per heavy atom. The molecule has 6 heteroatoms. The number of carbonyl (C=O) groups excluding carboxylic acids is 2. The van der Waals surface area contributed by atoms with E-state index in [9.17, 15) is 9.59 Å². The van der Waals surface area contributed by atoms with E-state index in [0.717, 1.165) is 6.42 Å². The van der Waals surface area contributed by atoms with Crippen molar-refractivity contribution in [3.05, 3.63) is 28.8 Å². The number of nitrogens with one attached hydrogen (secondary N) is 2. The molecule has 1 aromatic carbocycles. The van der Waals surface area contributed by atoms with Crippen molar-refractivity contribution >= 4 is 29.1 Å². The third-order valence-corrected chi connectivity index (χ3v) is 2.97. The van der Waals surface area contributed by atoms with Gasteiger partial charge in [-0.25, -0.2) is 0 Å². The van der Waals surface area contributed by atoms with Gasteiger partial charge in [-0.15, -0.1) is 0 Å². The summed E-state index contributed by atoms with van der Waals surface area (Å²) in [6, 6.07) is 4.17. The zero-order valence-electron chi connectivity index (χ0n) is 11.0. The normalized spacial score (nSPS) is 11.8. The second kappa shape index (κ2) is 7.11. The lowest BCUT2D eigenvalue weighted by Gasteiger charge is -2.12. The molecule has 5 nitrogen and oxygen atoms in total. The fraction of sp³-hybridized carbons (Fsp3) is 0.385. The highest BCUT2D eigenvalue weighted by atomic mass is 35.5. The highest BCUT2D eigenvalue weighted by Crippen LogP contribution is 2.20. The molecule has 104 valence electrons. The number of hydrogen-bond acceptors (Lipinski definition) is 3.